The second kappa shape index (κ2) is 9.83. The molecule has 0 aromatic rings. The van der Waals surface area contributed by atoms with Gasteiger partial charge in [0.25, 0.3) is 0 Å². The lowest BCUT2D eigenvalue weighted by molar-refractivity contribution is -0.146. The quantitative estimate of drug-likeness (QED) is 0.440. The van der Waals surface area contributed by atoms with Gasteiger partial charge in [-0.25, -0.2) is 0 Å². The third kappa shape index (κ3) is 8.01. The Bertz CT molecular complexity index is 273. The molecule has 0 spiro atoms. The number of carboxylic acid groups (broad SMARTS) is 1. The van der Waals surface area contributed by atoms with Crippen molar-refractivity contribution in [1.29, 1.82) is 0 Å². The zero-order chi connectivity index (χ0) is 14.0. The van der Waals surface area contributed by atoms with Crippen molar-refractivity contribution in [3.63, 3.8) is 0 Å². The summed E-state index contributed by atoms with van der Waals surface area (Å²) in [4.78, 5) is 21.9. The van der Waals surface area contributed by atoms with Crippen LogP contribution in [0.15, 0.2) is 12.7 Å². The number of carbonyl (C=O) groups is 2. The standard InChI is InChI=1S/C14H24O4/c1-3-4-5-6-7-8-9-12(14(17)18)13(16)10-11(2)15/h3,12-13,16H,1,4-10H2,2H3,(H,17,18). The second-order valence-electron chi connectivity index (χ2n) is 4.70. The van der Waals surface area contributed by atoms with Crippen molar-refractivity contribution in [3.05, 3.63) is 12.7 Å². The molecular weight excluding hydrogens is 232 g/mol. The van der Waals surface area contributed by atoms with E-state index in [9.17, 15) is 14.7 Å². The minimum absolute atomic E-state index is 0.0760. The molecule has 0 aliphatic carbocycles. The van der Waals surface area contributed by atoms with Gasteiger partial charge in [-0.3, -0.25) is 9.59 Å². The molecule has 0 aliphatic heterocycles. The lowest BCUT2D eigenvalue weighted by Gasteiger charge is -2.17. The Hall–Kier alpha value is -1.16. The molecule has 104 valence electrons. The molecule has 0 saturated heterocycles. The van der Waals surface area contributed by atoms with Crippen LogP contribution in [0.25, 0.3) is 0 Å². The third-order valence-electron chi connectivity index (χ3n) is 2.95. The summed E-state index contributed by atoms with van der Waals surface area (Å²) >= 11 is 0. The van der Waals surface area contributed by atoms with Gasteiger partial charge in [-0.15, -0.1) is 6.58 Å². The smallest absolute Gasteiger partial charge is 0.309 e. The average Bonchev–Trinajstić information content (AvgIpc) is 2.26. The summed E-state index contributed by atoms with van der Waals surface area (Å²) in [6.45, 7) is 5.00. The van der Waals surface area contributed by atoms with E-state index in [1.165, 1.54) is 6.92 Å². The fourth-order valence-electron chi connectivity index (χ4n) is 1.92. The van der Waals surface area contributed by atoms with Gasteiger partial charge in [-0.1, -0.05) is 25.3 Å². The first kappa shape index (κ1) is 16.8. The van der Waals surface area contributed by atoms with E-state index in [1.54, 1.807) is 0 Å². The van der Waals surface area contributed by atoms with Crippen LogP contribution < -0.4 is 0 Å². The number of allylic oxidation sites excluding steroid dienone is 1. The van der Waals surface area contributed by atoms with E-state index in [0.717, 1.165) is 32.1 Å². The van der Waals surface area contributed by atoms with E-state index in [2.05, 4.69) is 6.58 Å². The van der Waals surface area contributed by atoms with Gasteiger partial charge in [-0.2, -0.15) is 0 Å². The Balaban J connectivity index is 3.93. The van der Waals surface area contributed by atoms with Gasteiger partial charge < -0.3 is 10.2 Å². The molecule has 0 aliphatic rings. The molecule has 0 aromatic carbocycles. The number of carboxylic acids is 1. The zero-order valence-corrected chi connectivity index (χ0v) is 11.1. The van der Waals surface area contributed by atoms with Crippen LogP contribution in [0.3, 0.4) is 0 Å². The first-order valence-corrected chi connectivity index (χ1v) is 6.50. The lowest BCUT2D eigenvalue weighted by atomic mass is 9.92. The highest BCUT2D eigenvalue weighted by Gasteiger charge is 2.26. The Morgan fingerprint density at radius 3 is 2.33 bits per heavy atom. The number of ketones is 1. The molecule has 0 fully saturated rings. The highest BCUT2D eigenvalue weighted by atomic mass is 16.4. The summed E-state index contributed by atoms with van der Waals surface area (Å²) in [5.74, 6) is -2.03. The van der Waals surface area contributed by atoms with Crippen molar-refractivity contribution in [2.24, 2.45) is 5.92 Å². The molecule has 0 amide bonds. The number of carbonyl (C=O) groups excluding carboxylic acids is 1. The Morgan fingerprint density at radius 2 is 1.83 bits per heavy atom. The molecule has 2 N–H and O–H groups in total. The molecule has 18 heavy (non-hydrogen) atoms. The minimum Gasteiger partial charge on any atom is -0.481 e. The van der Waals surface area contributed by atoms with Crippen molar-refractivity contribution < 1.29 is 19.8 Å². The summed E-state index contributed by atoms with van der Waals surface area (Å²) in [7, 11) is 0. The van der Waals surface area contributed by atoms with Gasteiger partial charge in [0.05, 0.1) is 12.0 Å². The second-order valence-corrected chi connectivity index (χ2v) is 4.70. The van der Waals surface area contributed by atoms with Gasteiger partial charge in [-0.05, 0) is 26.2 Å². The van der Waals surface area contributed by atoms with Gasteiger partial charge in [0.15, 0.2) is 0 Å². The highest BCUT2D eigenvalue weighted by molar-refractivity contribution is 5.78. The molecular formula is C14H24O4. The van der Waals surface area contributed by atoms with E-state index in [-0.39, 0.29) is 12.2 Å². The summed E-state index contributed by atoms with van der Waals surface area (Å²) in [6.07, 6.45) is 5.97. The van der Waals surface area contributed by atoms with Crippen LogP contribution in [0.1, 0.15) is 51.9 Å². The van der Waals surface area contributed by atoms with E-state index < -0.39 is 18.0 Å². The molecule has 4 nitrogen and oxygen atoms in total. The molecule has 0 aromatic heterocycles. The molecule has 2 atom stereocenters. The van der Waals surface area contributed by atoms with E-state index in [4.69, 9.17) is 5.11 Å². The number of rotatable bonds is 11. The van der Waals surface area contributed by atoms with Gasteiger partial charge >= 0.3 is 5.97 Å². The monoisotopic (exact) mass is 256 g/mol. The van der Waals surface area contributed by atoms with E-state index in [1.807, 2.05) is 6.08 Å². The Kier molecular flexibility index (Phi) is 9.19. The van der Waals surface area contributed by atoms with Gasteiger partial charge in [0.1, 0.15) is 5.78 Å². The van der Waals surface area contributed by atoms with Crippen LogP contribution in [0, 0.1) is 5.92 Å². The van der Waals surface area contributed by atoms with Crippen molar-refractivity contribution in [3.8, 4) is 0 Å². The number of aliphatic carboxylic acids is 1. The van der Waals surface area contributed by atoms with Crippen LogP contribution in [0.5, 0.6) is 0 Å². The van der Waals surface area contributed by atoms with Crippen LogP contribution in [0.2, 0.25) is 0 Å². The predicted molar refractivity (Wildman–Crippen MR) is 70.3 cm³/mol. The van der Waals surface area contributed by atoms with E-state index in [0.29, 0.717) is 6.42 Å². The zero-order valence-electron chi connectivity index (χ0n) is 11.1. The van der Waals surface area contributed by atoms with Gasteiger partial charge in [0, 0.05) is 6.42 Å². The summed E-state index contributed by atoms with van der Waals surface area (Å²) < 4.78 is 0. The van der Waals surface area contributed by atoms with Crippen LogP contribution in [-0.4, -0.2) is 28.1 Å². The van der Waals surface area contributed by atoms with Crippen LogP contribution in [0.4, 0.5) is 0 Å². The molecule has 0 rings (SSSR count). The molecule has 4 heteroatoms. The Labute approximate surface area is 109 Å². The number of aliphatic hydroxyl groups is 1. The van der Waals surface area contributed by atoms with Gasteiger partial charge in [0.2, 0.25) is 0 Å². The number of unbranched alkanes of at least 4 members (excludes halogenated alkanes) is 4. The lowest BCUT2D eigenvalue weighted by Crippen LogP contribution is -2.29. The maximum atomic E-state index is 11.0. The first-order chi connectivity index (χ1) is 8.49. The summed E-state index contributed by atoms with van der Waals surface area (Å²) in [5, 5.41) is 18.7. The maximum Gasteiger partial charge on any atom is 0.309 e. The maximum absolute atomic E-state index is 11.0. The number of Topliss-reactive ketones (excluding diaryl/α,β-unsaturated/α-hetero) is 1. The molecule has 0 bridgehead atoms. The number of hydrogen-bond acceptors (Lipinski definition) is 3. The Morgan fingerprint density at radius 1 is 1.22 bits per heavy atom. The van der Waals surface area contributed by atoms with Crippen molar-refractivity contribution in [2.75, 3.05) is 0 Å². The third-order valence-corrected chi connectivity index (χ3v) is 2.95. The normalized spacial score (nSPS) is 13.9. The first-order valence-electron chi connectivity index (χ1n) is 6.50. The topological polar surface area (TPSA) is 74.6 Å². The number of aliphatic hydroxyl groups excluding tert-OH is 1. The molecule has 0 heterocycles. The van der Waals surface area contributed by atoms with Crippen LogP contribution >= 0.6 is 0 Å². The molecule has 0 saturated carbocycles. The van der Waals surface area contributed by atoms with Crippen molar-refractivity contribution >= 4 is 11.8 Å². The molecule has 0 radical (unpaired) electrons. The fraction of sp³-hybridized carbons (Fsp3) is 0.714. The van der Waals surface area contributed by atoms with Crippen LogP contribution in [-0.2, 0) is 9.59 Å². The largest absolute Gasteiger partial charge is 0.481 e. The average molecular weight is 256 g/mol. The fourth-order valence-corrected chi connectivity index (χ4v) is 1.92. The minimum atomic E-state index is -1.06. The number of hydrogen-bond donors (Lipinski definition) is 2. The van der Waals surface area contributed by atoms with Crippen molar-refractivity contribution in [1.82, 2.24) is 0 Å². The summed E-state index contributed by atoms with van der Waals surface area (Å²) in [6, 6.07) is 0. The summed E-state index contributed by atoms with van der Waals surface area (Å²) in [5.41, 5.74) is 0. The van der Waals surface area contributed by atoms with Crippen molar-refractivity contribution in [2.45, 2.75) is 58.0 Å². The highest BCUT2D eigenvalue weighted by Crippen LogP contribution is 2.18. The SMILES string of the molecule is C=CCCCCCCC(C(=O)O)C(O)CC(C)=O. The van der Waals surface area contributed by atoms with E-state index >= 15 is 0 Å². The predicted octanol–water partition coefficient (Wildman–Crippen LogP) is 2.55. The molecule has 2 unspecified atom stereocenters.